The Morgan fingerprint density at radius 1 is 1.26 bits per heavy atom. The zero-order valence-corrected chi connectivity index (χ0v) is 13.9. The van der Waals surface area contributed by atoms with Crippen molar-refractivity contribution in [1.82, 2.24) is 0 Å². The van der Waals surface area contributed by atoms with Crippen LogP contribution in [0.5, 0.6) is 0 Å². The van der Waals surface area contributed by atoms with Crippen molar-refractivity contribution in [2.24, 2.45) is 0 Å². The summed E-state index contributed by atoms with van der Waals surface area (Å²) in [6.07, 6.45) is -0.489. The second kappa shape index (κ2) is 5.78. The zero-order chi connectivity index (χ0) is 16.8. The monoisotopic (exact) mass is 355 g/mol. The molecule has 2 aromatic rings. The van der Waals surface area contributed by atoms with Crippen LogP contribution in [0.25, 0.3) is 0 Å². The molecule has 1 heterocycles. The number of fused-ring (bicyclic) bond motifs is 1. The molecule has 1 aliphatic rings. The van der Waals surface area contributed by atoms with Gasteiger partial charge in [-0.15, -0.1) is 0 Å². The highest BCUT2D eigenvalue weighted by atomic mass is 35.5. The largest absolute Gasteiger partial charge is 0.388 e. The van der Waals surface area contributed by atoms with Crippen molar-refractivity contribution in [3.63, 3.8) is 0 Å². The van der Waals surface area contributed by atoms with Gasteiger partial charge >= 0.3 is 0 Å². The van der Waals surface area contributed by atoms with Gasteiger partial charge < -0.3 is 5.11 Å². The van der Waals surface area contributed by atoms with Crippen molar-refractivity contribution in [1.29, 1.82) is 0 Å². The van der Waals surface area contributed by atoms with Crippen LogP contribution in [0.15, 0.2) is 41.3 Å². The van der Waals surface area contributed by atoms with Crippen LogP contribution in [-0.4, -0.2) is 20.1 Å². The van der Waals surface area contributed by atoms with Crippen molar-refractivity contribution in [2.75, 3.05) is 10.8 Å². The van der Waals surface area contributed by atoms with Gasteiger partial charge in [-0.1, -0.05) is 11.6 Å². The van der Waals surface area contributed by atoms with Crippen LogP contribution < -0.4 is 4.31 Å². The van der Waals surface area contributed by atoms with E-state index >= 15 is 0 Å². The summed E-state index contributed by atoms with van der Waals surface area (Å²) in [5.41, 5.74) is 1.14. The predicted molar refractivity (Wildman–Crippen MR) is 86.7 cm³/mol. The van der Waals surface area contributed by atoms with E-state index in [-0.39, 0.29) is 23.4 Å². The molecule has 0 saturated heterocycles. The zero-order valence-electron chi connectivity index (χ0n) is 12.3. The summed E-state index contributed by atoms with van der Waals surface area (Å²) in [6.45, 7) is 1.66. The molecule has 122 valence electrons. The van der Waals surface area contributed by atoms with E-state index in [9.17, 15) is 17.9 Å². The summed E-state index contributed by atoms with van der Waals surface area (Å²) in [5.74, 6) is -0.454. The molecule has 1 N–H and O–H groups in total. The van der Waals surface area contributed by atoms with Gasteiger partial charge in [0.15, 0.2) is 0 Å². The van der Waals surface area contributed by atoms with E-state index < -0.39 is 21.9 Å². The van der Waals surface area contributed by atoms with Gasteiger partial charge in [-0.3, -0.25) is 4.31 Å². The van der Waals surface area contributed by atoms with E-state index in [0.717, 1.165) is 6.07 Å². The van der Waals surface area contributed by atoms with Gasteiger partial charge in [0.1, 0.15) is 5.82 Å². The molecular formula is C16H15ClFNO3S. The molecule has 0 bridgehead atoms. The summed E-state index contributed by atoms with van der Waals surface area (Å²) >= 11 is 5.94. The molecule has 0 amide bonds. The number of anilines is 1. The van der Waals surface area contributed by atoms with Crippen molar-refractivity contribution in [3.8, 4) is 0 Å². The first-order valence-electron chi connectivity index (χ1n) is 7.07. The molecule has 1 aliphatic heterocycles. The van der Waals surface area contributed by atoms with E-state index in [1.54, 1.807) is 18.2 Å². The van der Waals surface area contributed by atoms with Crippen LogP contribution in [0.3, 0.4) is 0 Å². The highest BCUT2D eigenvalue weighted by Crippen LogP contribution is 2.38. The number of aryl methyl sites for hydroxylation is 1. The number of nitrogens with zero attached hydrogens (tertiary/aromatic N) is 1. The Labute approximate surface area is 139 Å². The molecule has 0 aromatic heterocycles. The molecular weight excluding hydrogens is 341 g/mol. The first-order valence-corrected chi connectivity index (χ1v) is 8.89. The van der Waals surface area contributed by atoms with E-state index in [4.69, 9.17) is 11.6 Å². The minimum atomic E-state index is -3.84. The smallest absolute Gasteiger partial charge is 0.264 e. The van der Waals surface area contributed by atoms with Crippen LogP contribution >= 0.6 is 11.6 Å². The Morgan fingerprint density at radius 2 is 2.00 bits per heavy atom. The van der Waals surface area contributed by atoms with E-state index in [0.29, 0.717) is 16.3 Å². The molecule has 0 fully saturated rings. The summed E-state index contributed by atoms with van der Waals surface area (Å²) in [5, 5.41) is 10.5. The molecule has 0 saturated carbocycles. The lowest BCUT2D eigenvalue weighted by atomic mass is 10.0. The van der Waals surface area contributed by atoms with Crippen molar-refractivity contribution in [2.45, 2.75) is 24.3 Å². The maximum Gasteiger partial charge on any atom is 0.264 e. The Hall–Kier alpha value is -1.63. The second-order valence-corrected chi connectivity index (χ2v) is 7.79. The van der Waals surface area contributed by atoms with Crippen LogP contribution in [0.1, 0.15) is 23.7 Å². The number of rotatable bonds is 2. The Morgan fingerprint density at radius 3 is 2.70 bits per heavy atom. The van der Waals surface area contributed by atoms with E-state index in [2.05, 4.69) is 0 Å². The molecule has 0 aliphatic carbocycles. The van der Waals surface area contributed by atoms with Crippen LogP contribution in [0, 0.1) is 12.7 Å². The van der Waals surface area contributed by atoms with E-state index in [1.165, 1.54) is 23.4 Å². The minimum absolute atomic E-state index is 0.0219. The van der Waals surface area contributed by atoms with Gasteiger partial charge in [0.25, 0.3) is 10.0 Å². The van der Waals surface area contributed by atoms with Gasteiger partial charge in [-0.2, -0.15) is 0 Å². The third kappa shape index (κ3) is 2.82. The number of aliphatic hydroxyl groups excluding tert-OH is 1. The molecule has 2 aromatic carbocycles. The number of benzene rings is 2. The fourth-order valence-corrected chi connectivity index (χ4v) is 4.46. The lowest BCUT2D eigenvalue weighted by Gasteiger charge is -2.33. The number of halogens is 2. The molecule has 0 radical (unpaired) electrons. The number of hydrogen-bond donors (Lipinski definition) is 1. The third-order valence-corrected chi connectivity index (χ3v) is 5.98. The second-order valence-electron chi connectivity index (χ2n) is 5.50. The van der Waals surface area contributed by atoms with Gasteiger partial charge in [0.2, 0.25) is 0 Å². The Bertz CT molecular complexity index is 870. The number of sulfonamides is 1. The average molecular weight is 356 g/mol. The maximum absolute atomic E-state index is 13.4. The molecule has 23 heavy (non-hydrogen) atoms. The molecule has 1 unspecified atom stereocenters. The molecule has 3 rings (SSSR count). The first kappa shape index (κ1) is 16.2. The third-order valence-electron chi connectivity index (χ3n) is 3.94. The quantitative estimate of drug-likeness (QED) is 0.898. The lowest BCUT2D eigenvalue weighted by Crippen LogP contribution is -2.36. The normalized spacial score (nSPS) is 17.9. The summed E-state index contributed by atoms with van der Waals surface area (Å²) in [4.78, 5) is 0.0219. The van der Waals surface area contributed by atoms with Gasteiger partial charge in [-0.25, -0.2) is 12.8 Å². The fourth-order valence-electron chi connectivity index (χ4n) is 2.69. The van der Waals surface area contributed by atoms with Crippen molar-refractivity contribution >= 4 is 27.3 Å². The fraction of sp³-hybridized carbons (Fsp3) is 0.250. The van der Waals surface area contributed by atoms with Gasteiger partial charge in [0.05, 0.1) is 16.7 Å². The van der Waals surface area contributed by atoms with Crippen molar-refractivity contribution in [3.05, 3.63) is 58.4 Å². The molecule has 4 nitrogen and oxygen atoms in total. The molecule has 7 heteroatoms. The number of aliphatic hydroxyl groups is 1. The first-order chi connectivity index (χ1) is 10.8. The summed E-state index contributed by atoms with van der Waals surface area (Å²) < 4.78 is 40.4. The van der Waals surface area contributed by atoms with Gasteiger partial charge in [0, 0.05) is 17.1 Å². The molecule has 1 atom stereocenters. The lowest BCUT2D eigenvalue weighted by molar-refractivity contribution is 0.166. The van der Waals surface area contributed by atoms with Crippen molar-refractivity contribution < 1.29 is 17.9 Å². The molecule has 0 spiro atoms. The highest BCUT2D eigenvalue weighted by Gasteiger charge is 2.32. The average Bonchev–Trinajstić information content (AvgIpc) is 2.50. The predicted octanol–water partition coefficient (Wildman–Crippen LogP) is 3.42. The topological polar surface area (TPSA) is 57.6 Å². The highest BCUT2D eigenvalue weighted by molar-refractivity contribution is 7.92. The van der Waals surface area contributed by atoms with Gasteiger partial charge in [-0.05, 0) is 55.3 Å². The SMILES string of the molecule is Cc1cc(S(=O)(=O)N2CCC(O)c3cc(Cl)ccc32)ccc1F. The number of hydrogen-bond acceptors (Lipinski definition) is 3. The summed E-state index contributed by atoms with van der Waals surface area (Å²) in [7, 11) is -3.84. The summed E-state index contributed by atoms with van der Waals surface area (Å²) in [6, 6.07) is 8.43. The van der Waals surface area contributed by atoms with Crippen LogP contribution in [-0.2, 0) is 10.0 Å². The minimum Gasteiger partial charge on any atom is -0.388 e. The van der Waals surface area contributed by atoms with Crippen LogP contribution in [0.4, 0.5) is 10.1 Å². The standard InChI is InChI=1S/C16H15ClFNO3S/c1-10-8-12(3-4-14(10)18)23(21,22)19-7-6-16(20)13-9-11(17)2-5-15(13)19/h2-5,8-9,16,20H,6-7H2,1H3. The van der Waals surface area contributed by atoms with Crippen LogP contribution in [0.2, 0.25) is 5.02 Å². The Balaban J connectivity index is 2.11. The maximum atomic E-state index is 13.4. The Kier molecular flexibility index (Phi) is 4.08. The van der Waals surface area contributed by atoms with E-state index in [1.807, 2.05) is 0 Å².